The van der Waals surface area contributed by atoms with E-state index in [-0.39, 0.29) is 0 Å². The summed E-state index contributed by atoms with van der Waals surface area (Å²) in [6.45, 7) is 0. The van der Waals surface area contributed by atoms with Crippen LogP contribution >= 0.6 is 0 Å². The Hall–Kier alpha value is -2.23. The van der Waals surface area contributed by atoms with Crippen LogP contribution in [-0.4, -0.2) is 19.8 Å². The number of aromatic nitrogens is 4. The zero-order chi connectivity index (χ0) is 10.1. The van der Waals surface area contributed by atoms with Crippen molar-refractivity contribution in [1.82, 2.24) is 19.8 Å². The van der Waals surface area contributed by atoms with E-state index in [9.17, 15) is 0 Å². The average molecular weight is 196 g/mol. The van der Waals surface area contributed by atoms with Gasteiger partial charge in [-0.25, -0.2) is 4.52 Å². The zero-order valence-corrected chi connectivity index (χ0v) is 7.91. The minimum Gasteiger partial charge on any atom is -0.218 e. The Morgan fingerprint density at radius 1 is 1.00 bits per heavy atom. The molecule has 4 heteroatoms. The number of fused-ring (bicyclic) bond motifs is 1. The predicted molar refractivity (Wildman–Crippen MR) is 56.2 cm³/mol. The lowest BCUT2D eigenvalue weighted by atomic mass is 10.1. The van der Waals surface area contributed by atoms with Crippen LogP contribution in [0.2, 0.25) is 0 Å². The van der Waals surface area contributed by atoms with Crippen LogP contribution in [0.25, 0.3) is 16.8 Å². The van der Waals surface area contributed by atoms with Crippen molar-refractivity contribution in [2.24, 2.45) is 0 Å². The van der Waals surface area contributed by atoms with E-state index >= 15 is 0 Å². The highest BCUT2D eigenvalue weighted by atomic mass is 15.3. The summed E-state index contributed by atoms with van der Waals surface area (Å²) >= 11 is 0. The first-order chi connectivity index (χ1) is 7.43. The summed E-state index contributed by atoms with van der Waals surface area (Å²) in [4.78, 5) is 0. The largest absolute Gasteiger partial charge is 0.218 e. The minimum absolute atomic E-state index is 0.936. The molecule has 0 radical (unpaired) electrons. The third-order valence-corrected chi connectivity index (χ3v) is 2.25. The van der Waals surface area contributed by atoms with Crippen molar-refractivity contribution in [3.8, 4) is 11.3 Å². The zero-order valence-electron chi connectivity index (χ0n) is 7.91. The highest BCUT2D eigenvalue weighted by Crippen LogP contribution is 2.17. The standard InChI is InChI=1S/C11H8N4/c1-2-4-9(5-3-1)11-6-10-7-12-13-8-15(10)14-11/h1-8H. The van der Waals surface area contributed by atoms with Crippen molar-refractivity contribution in [2.45, 2.75) is 0 Å². The van der Waals surface area contributed by atoms with Gasteiger partial charge in [0.25, 0.3) is 0 Å². The average Bonchev–Trinajstić information content (AvgIpc) is 2.74. The van der Waals surface area contributed by atoms with Crippen molar-refractivity contribution in [3.05, 3.63) is 48.9 Å². The van der Waals surface area contributed by atoms with Crippen LogP contribution in [0.1, 0.15) is 0 Å². The van der Waals surface area contributed by atoms with Crippen LogP contribution in [-0.2, 0) is 0 Å². The van der Waals surface area contributed by atoms with Crippen LogP contribution in [0.4, 0.5) is 0 Å². The summed E-state index contributed by atoms with van der Waals surface area (Å²) in [6.07, 6.45) is 3.29. The normalized spacial score (nSPS) is 10.7. The number of benzene rings is 1. The first-order valence-electron chi connectivity index (χ1n) is 4.65. The molecule has 0 N–H and O–H groups in total. The maximum atomic E-state index is 4.40. The van der Waals surface area contributed by atoms with E-state index in [0.717, 1.165) is 16.8 Å². The quantitative estimate of drug-likeness (QED) is 0.596. The molecule has 2 aromatic heterocycles. The van der Waals surface area contributed by atoms with Crippen molar-refractivity contribution in [2.75, 3.05) is 0 Å². The lowest BCUT2D eigenvalue weighted by Gasteiger charge is -1.92. The second-order valence-electron chi connectivity index (χ2n) is 3.24. The van der Waals surface area contributed by atoms with Gasteiger partial charge in [-0.05, 0) is 6.07 Å². The Morgan fingerprint density at radius 2 is 1.87 bits per heavy atom. The van der Waals surface area contributed by atoms with Crippen LogP contribution in [0.5, 0.6) is 0 Å². The molecule has 0 atom stereocenters. The Bertz CT molecular complexity index is 553. The Balaban J connectivity index is 2.21. The molecule has 3 rings (SSSR count). The summed E-state index contributed by atoms with van der Waals surface area (Å²) < 4.78 is 1.72. The summed E-state index contributed by atoms with van der Waals surface area (Å²) in [5, 5.41) is 12.0. The molecule has 4 nitrogen and oxygen atoms in total. The molecule has 0 unspecified atom stereocenters. The summed E-state index contributed by atoms with van der Waals surface area (Å²) in [5.74, 6) is 0. The van der Waals surface area contributed by atoms with Gasteiger partial charge in [-0.2, -0.15) is 10.2 Å². The van der Waals surface area contributed by atoms with E-state index in [2.05, 4.69) is 15.3 Å². The fourth-order valence-electron chi connectivity index (χ4n) is 1.52. The van der Waals surface area contributed by atoms with Gasteiger partial charge in [-0.3, -0.25) is 0 Å². The van der Waals surface area contributed by atoms with E-state index in [1.165, 1.54) is 0 Å². The Labute approximate surface area is 86.2 Å². The van der Waals surface area contributed by atoms with Gasteiger partial charge in [0, 0.05) is 5.56 Å². The van der Waals surface area contributed by atoms with Crippen LogP contribution in [0, 0.1) is 0 Å². The predicted octanol–water partition coefficient (Wildman–Crippen LogP) is 1.79. The van der Waals surface area contributed by atoms with E-state index < -0.39 is 0 Å². The lowest BCUT2D eigenvalue weighted by Crippen LogP contribution is -1.89. The highest BCUT2D eigenvalue weighted by molar-refractivity contribution is 5.64. The molecule has 72 valence electrons. The van der Waals surface area contributed by atoms with Gasteiger partial charge in [-0.1, -0.05) is 30.3 Å². The molecule has 3 aromatic rings. The maximum absolute atomic E-state index is 4.40. The highest BCUT2D eigenvalue weighted by Gasteiger charge is 2.02. The molecule has 2 heterocycles. The molecule has 0 bridgehead atoms. The van der Waals surface area contributed by atoms with E-state index in [1.807, 2.05) is 36.4 Å². The van der Waals surface area contributed by atoms with E-state index in [0.29, 0.717) is 0 Å². The van der Waals surface area contributed by atoms with E-state index in [4.69, 9.17) is 0 Å². The minimum atomic E-state index is 0.936. The van der Waals surface area contributed by atoms with Gasteiger partial charge in [0.1, 0.15) is 6.33 Å². The van der Waals surface area contributed by atoms with Gasteiger partial charge >= 0.3 is 0 Å². The SMILES string of the molecule is c1ccc(-c2cc3cnncn3n2)cc1. The number of nitrogens with zero attached hydrogens (tertiary/aromatic N) is 4. The van der Waals surface area contributed by atoms with Crippen molar-refractivity contribution >= 4 is 5.52 Å². The fraction of sp³-hybridized carbons (Fsp3) is 0. The number of rotatable bonds is 1. The van der Waals surface area contributed by atoms with Gasteiger partial charge < -0.3 is 0 Å². The molecular formula is C11H8N4. The van der Waals surface area contributed by atoms with Crippen LogP contribution in [0.15, 0.2) is 48.9 Å². The summed E-state index contributed by atoms with van der Waals surface area (Å²) in [7, 11) is 0. The second kappa shape index (κ2) is 3.16. The Kier molecular flexibility index (Phi) is 1.71. The molecule has 1 aromatic carbocycles. The number of hydrogen-bond acceptors (Lipinski definition) is 3. The second-order valence-corrected chi connectivity index (χ2v) is 3.24. The summed E-state index contributed by atoms with van der Waals surface area (Å²) in [5.41, 5.74) is 2.98. The third-order valence-electron chi connectivity index (χ3n) is 2.25. The monoisotopic (exact) mass is 196 g/mol. The van der Waals surface area contributed by atoms with Gasteiger partial charge in [0.15, 0.2) is 0 Å². The van der Waals surface area contributed by atoms with Crippen LogP contribution < -0.4 is 0 Å². The van der Waals surface area contributed by atoms with E-state index in [1.54, 1.807) is 17.0 Å². The maximum Gasteiger partial charge on any atom is 0.140 e. The molecule has 0 fully saturated rings. The first-order valence-corrected chi connectivity index (χ1v) is 4.65. The molecule has 0 spiro atoms. The molecule has 0 amide bonds. The van der Waals surface area contributed by atoms with Crippen molar-refractivity contribution < 1.29 is 0 Å². The molecule has 0 saturated heterocycles. The van der Waals surface area contributed by atoms with Gasteiger partial charge in [-0.15, -0.1) is 5.10 Å². The smallest absolute Gasteiger partial charge is 0.140 e. The molecule has 15 heavy (non-hydrogen) atoms. The van der Waals surface area contributed by atoms with Crippen molar-refractivity contribution in [1.29, 1.82) is 0 Å². The molecular weight excluding hydrogens is 188 g/mol. The molecule has 0 aliphatic carbocycles. The molecule has 0 saturated carbocycles. The third kappa shape index (κ3) is 1.36. The lowest BCUT2D eigenvalue weighted by molar-refractivity contribution is 0.866. The fourth-order valence-corrected chi connectivity index (χ4v) is 1.52. The van der Waals surface area contributed by atoms with Crippen LogP contribution in [0.3, 0.4) is 0 Å². The first kappa shape index (κ1) is 8.11. The molecule has 0 aliphatic heterocycles. The molecule has 0 aliphatic rings. The number of hydrogen-bond donors (Lipinski definition) is 0. The van der Waals surface area contributed by atoms with Gasteiger partial charge in [0.2, 0.25) is 0 Å². The summed E-state index contributed by atoms with van der Waals surface area (Å²) in [6, 6.07) is 12.0. The van der Waals surface area contributed by atoms with Crippen molar-refractivity contribution in [3.63, 3.8) is 0 Å². The Morgan fingerprint density at radius 3 is 2.67 bits per heavy atom. The van der Waals surface area contributed by atoms with Gasteiger partial charge in [0.05, 0.1) is 17.4 Å². The topological polar surface area (TPSA) is 43.1 Å².